The van der Waals surface area contributed by atoms with Gasteiger partial charge < -0.3 is 4.42 Å². The summed E-state index contributed by atoms with van der Waals surface area (Å²) in [4.78, 5) is 0. The van der Waals surface area contributed by atoms with Crippen molar-refractivity contribution < 1.29 is 4.42 Å². The Morgan fingerprint density at radius 1 is 0.606 bits per heavy atom. The highest BCUT2D eigenvalue weighted by Crippen LogP contribution is 2.59. The van der Waals surface area contributed by atoms with E-state index in [0.717, 1.165) is 26.4 Å². The third-order valence-corrected chi connectivity index (χ3v) is 7.65. The third-order valence-electron chi connectivity index (χ3n) is 7.02. The summed E-state index contributed by atoms with van der Waals surface area (Å²) in [7, 11) is 0. The van der Waals surface area contributed by atoms with Gasteiger partial charge in [0.05, 0.1) is 5.41 Å². The topological polar surface area (TPSA) is 13.1 Å². The molecule has 1 aliphatic carbocycles. The molecule has 0 spiro atoms. The van der Waals surface area contributed by atoms with Crippen molar-refractivity contribution in [1.82, 2.24) is 0 Å². The number of para-hydroxylation sites is 1. The SMILES string of the molecule is Brc1cc2c(c3oc4ccccc4c13)-c1ccccc1C2(c1ccccc1)c1ccccc1. The highest BCUT2D eigenvalue weighted by Gasteiger charge is 2.47. The number of fused-ring (bicyclic) bond motifs is 7. The minimum Gasteiger partial charge on any atom is -0.455 e. The van der Waals surface area contributed by atoms with Crippen LogP contribution in [0.3, 0.4) is 0 Å². The second kappa shape index (κ2) is 6.94. The molecular weight excluding hydrogens is 468 g/mol. The van der Waals surface area contributed by atoms with Gasteiger partial charge in [0.25, 0.3) is 0 Å². The fraction of sp³-hybridized carbons (Fsp3) is 0.0323. The Morgan fingerprint density at radius 3 is 1.94 bits per heavy atom. The molecule has 5 aromatic carbocycles. The highest BCUT2D eigenvalue weighted by atomic mass is 79.9. The number of rotatable bonds is 2. The first-order valence-corrected chi connectivity index (χ1v) is 11.9. The summed E-state index contributed by atoms with van der Waals surface area (Å²) in [5, 5.41) is 2.27. The van der Waals surface area contributed by atoms with Gasteiger partial charge in [-0.1, -0.05) is 119 Å². The van der Waals surface area contributed by atoms with Crippen molar-refractivity contribution in [3.63, 3.8) is 0 Å². The van der Waals surface area contributed by atoms with Gasteiger partial charge in [-0.15, -0.1) is 0 Å². The molecule has 33 heavy (non-hydrogen) atoms. The van der Waals surface area contributed by atoms with Crippen LogP contribution in [0.5, 0.6) is 0 Å². The molecule has 0 aliphatic heterocycles. The minimum absolute atomic E-state index is 0.426. The van der Waals surface area contributed by atoms with E-state index in [4.69, 9.17) is 4.42 Å². The van der Waals surface area contributed by atoms with Crippen molar-refractivity contribution in [2.45, 2.75) is 5.41 Å². The number of hydrogen-bond acceptors (Lipinski definition) is 1. The maximum absolute atomic E-state index is 6.57. The van der Waals surface area contributed by atoms with Gasteiger partial charge in [0.15, 0.2) is 0 Å². The van der Waals surface area contributed by atoms with Gasteiger partial charge in [-0.25, -0.2) is 0 Å². The number of hydrogen-bond donors (Lipinski definition) is 0. The number of furan rings is 1. The van der Waals surface area contributed by atoms with E-state index in [1.165, 1.54) is 33.4 Å². The fourth-order valence-electron chi connectivity index (χ4n) is 5.75. The summed E-state index contributed by atoms with van der Waals surface area (Å²) < 4.78 is 7.63. The van der Waals surface area contributed by atoms with E-state index in [1.807, 2.05) is 6.07 Å². The van der Waals surface area contributed by atoms with Gasteiger partial charge in [0, 0.05) is 20.8 Å². The van der Waals surface area contributed by atoms with Gasteiger partial charge in [-0.3, -0.25) is 0 Å². The Labute approximate surface area is 200 Å². The van der Waals surface area contributed by atoms with E-state index in [9.17, 15) is 0 Å². The van der Waals surface area contributed by atoms with Gasteiger partial charge >= 0.3 is 0 Å². The predicted molar refractivity (Wildman–Crippen MR) is 139 cm³/mol. The van der Waals surface area contributed by atoms with Crippen molar-refractivity contribution in [3.05, 3.63) is 142 Å². The quantitative estimate of drug-likeness (QED) is 0.238. The van der Waals surface area contributed by atoms with Crippen LogP contribution in [-0.4, -0.2) is 0 Å². The molecule has 0 saturated carbocycles. The Morgan fingerprint density at radius 2 is 1.21 bits per heavy atom. The zero-order chi connectivity index (χ0) is 22.0. The van der Waals surface area contributed by atoms with E-state index in [1.54, 1.807) is 0 Å². The van der Waals surface area contributed by atoms with Crippen LogP contribution < -0.4 is 0 Å². The largest absolute Gasteiger partial charge is 0.455 e. The number of halogens is 1. The molecule has 0 atom stereocenters. The van der Waals surface area contributed by atoms with E-state index >= 15 is 0 Å². The zero-order valence-electron chi connectivity index (χ0n) is 17.8. The average molecular weight is 487 g/mol. The van der Waals surface area contributed by atoms with Crippen LogP contribution in [0, 0.1) is 0 Å². The molecule has 0 radical (unpaired) electrons. The van der Waals surface area contributed by atoms with E-state index in [0.29, 0.717) is 0 Å². The highest BCUT2D eigenvalue weighted by molar-refractivity contribution is 9.10. The summed E-state index contributed by atoms with van der Waals surface area (Å²) in [6, 6.07) is 41.1. The summed E-state index contributed by atoms with van der Waals surface area (Å²) in [6.07, 6.45) is 0. The molecular formula is C31H19BrO. The second-order valence-electron chi connectivity index (χ2n) is 8.61. The molecule has 6 aromatic rings. The van der Waals surface area contributed by atoms with Crippen LogP contribution in [0.15, 0.2) is 124 Å². The summed E-state index contributed by atoms with van der Waals surface area (Å²) in [5.74, 6) is 0. The van der Waals surface area contributed by atoms with Crippen LogP contribution in [0.2, 0.25) is 0 Å². The Bertz CT molecular complexity index is 1620. The molecule has 0 N–H and O–H groups in total. The van der Waals surface area contributed by atoms with Gasteiger partial charge in [0.2, 0.25) is 0 Å². The predicted octanol–water partition coefficient (Wildman–Crippen LogP) is 8.71. The van der Waals surface area contributed by atoms with Gasteiger partial charge in [-0.05, 0) is 39.9 Å². The molecule has 0 saturated heterocycles. The van der Waals surface area contributed by atoms with Crippen molar-refractivity contribution in [1.29, 1.82) is 0 Å². The monoisotopic (exact) mass is 486 g/mol. The van der Waals surface area contributed by atoms with Crippen molar-refractivity contribution >= 4 is 37.9 Å². The molecule has 1 aromatic heterocycles. The second-order valence-corrected chi connectivity index (χ2v) is 9.47. The summed E-state index contributed by atoms with van der Waals surface area (Å²) in [6.45, 7) is 0. The minimum atomic E-state index is -0.426. The average Bonchev–Trinajstić information content (AvgIpc) is 3.40. The van der Waals surface area contributed by atoms with E-state index < -0.39 is 5.41 Å². The first-order valence-electron chi connectivity index (χ1n) is 11.2. The van der Waals surface area contributed by atoms with Crippen molar-refractivity contribution in [2.75, 3.05) is 0 Å². The maximum Gasteiger partial charge on any atom is 0.144 e. The van der Waals surface area contributed by atoms with E-state index in [2.05, 4.69) is 125 Å². The first kappa shape index (κ1) is 18.9. The molecule has 7 rings (SSSR count). The molecule has 1 aliphatic rings. The van der Waals surface area contributed by atoms with Crippen molar-refractivity contribution in [2.24, 2.45) is 0 Å². The lowest BCUT2D eigenvalue weighted by atomic mass is 9.67. The summed E-state index contributed by atoms with van der Waals surface area (Å²) >= 11 is 3.93. The molecule has 0 bridgehead atoms. The maximum atomic E-state index is 6.57. The van der Waals surface area contributed by atoms with Gasteiger partial charge in [-0.2, -0.15) is 0 Å². The van der Waals surface area contributed by atoms with Crippen LogP contribution in [-0.2, 0) is 5.41 Å². The zero-order valence-corrected chi connectivity index (χ0v) is 19.3. The van der Waals surface area contributed by atoms with Crippen LogP contribution in [0.4, 0.5) is 0 Å². The standard InChI is InChI=1S/C31H19BrO/c32-26-19-25-28(30-29(26)23-16-8-10-18-27(23)33-30)22-15-7-9-17-24(22)31(25,20-11-3-1-4-12-20)21-13-5-2-6-14-21/h1-19H. The van der Waals surface area contributed by atoms with Crippen LogP contribution in [0.1, 0.15) is 22.3 Å². The molecule has 0 unspecified atom stereocenters. The Kier molecular flexibility index (Phi) is 3.97. The molecule has 1 heterocycles. The van der Waals surface area contributed by atoms with Crippen LogP contribution >= 0.6 is 15.9 Å². The summed E-state index contributed by atoms with van der Waals surface area (Å²) in [5.41, 5.74) is 8.90. The van der Waals surface area contributed by atoms with E-state index in [-0.39, 0.29) is 0 Å². The Hall–Kier alpha value is -3.62. The lowest BCUT2D eigenvalue weighted by Crippen LogP contribution is -2.28. The van der Waals surface area contributed by atoms with Gasteiger partial charge in [0.1, 0.15) is 11.2 Å². The smallest absolute Gasteiger partial charge is 0.144 e. The molecule has 0 amide bonds. The lowest BCUT2D eigenvalue weighted by Gasteiger charge is -2.33. The molecule has 156 valence electrons. The molecule has 0 fully saturated rings. The first-order chi connectivity index (χ1) is 16.3. The third kappa shape index (κ3) is 2.42. The normalized spacial score (nSPS) is 13.8. The lowest BCUT2D eigenvalue weighted by molar-refractivity contribution is 0.668. The molecule has 1 nitrogen and oxygen atoms in total. The number of benzene rings is 5. The Balaban J connectivity index is 1.73. The van der Waals surface area contributed by atoms with Crippen molar-refractivity contribution in [3.8, 4) is 11.1 Å². The fourth-order valence-corrected chi connectivity index (χ4v) is 6.38. The molecule has 2 heteroatoms. The van der Waals surface area contributed by atoms with Crippen LogP contribution in [0.25, 0.3) is 33.1 Å².